The van der Waals surface area contributed by atoms with E-state index in [4.69, 9.17) is 5.73 Å². The summed E-state index contributed by atoms with van der Waals surface area (Å²) in [5.74, 6) is -0.113. The molecule has 1 aromatic heterocycles. The predicted octanol–water partition coefficient (Wildman–Crippen LogP) is 3.02. The minimum absolute atomic E-state index is 0.113. The molecule has 0 saturated carbocycles. The van der Waals surface area contributed by atoms with Crippen LogP contribution >= 0.6 is 11.3 Å². The topological polar surface area (TPSA) is 66.6 Å². The van der Waals surface area contributed by atoms with E-state index in [1.165, 1.54) is 11.3 Å². The van der Waals surface area contributed by atoms with Gasteiger partial charge in [0.05, 0.1) is 11.3 Å². The van der Waals surface area contributed by atoms with E-state index in [0.717, 1.165) is 15.6 Å². The summed E-state index contributed by atoms with van der Waals surface area (Å²) in [6.07, 6.45) is 0. The normalized spacial score (nSPS) is 11.9. The van der Waals surface area contributed by atoms with Gasteiger partial charge in [-0.1, -0.05) is 18.2 Å². The predicted molar refractivity (Wildman–Crippen MR) is 88.8 cm³/mol. The van der Waals surface area contributed by atoms with E-state index >= 15 is 0 Å². The van der Waals surface area contributed by atoms with E-state index in [2.05, 4.69) is 0 Å². The fraction of sp³-hybridized carbons (Fsp3) is 0.438. The van der Waals surface area contributed by atoms with Crippen molar-refractivity contribution in [1.82, 2.24) is 4.90 Å². The molecular formula is C16H22N2O2S. The van der Waals surface area contributed by atoms with Crippen LogP contribution in [0.15, 0.2) is 18.2 Å². The lowest BCUT2D eigenvalue weighted by atomic mass is 10.1. The van der Waals surface area contributed by atoms with Crippen LogP contribution in [0.1, 0.15) is 36.0 Å². The molecule has 3 N–H and O–H groups in total. The second kappa shape index (κ2) is 5.66. The summed E-state index contributed by atoms with van der Waals surface area (Å²) >= 11 is 1.43. The van der Waals surface area contributed by atoms with Gasteiger partial charge in [-0.3, -0.25) is 4.79 Å². The first kappa shape index (κ1) is 15.8. The number of carbonyl (C=O) groups excluding carboxylic acids is 1. The van der Waals surface area contributed by atoms with Gasteiger partial charge in [0, 0.05) is 23.2 Å². The highest BCUT2D eigenvalue weighted by Gasteiger charge is 2.25. The summed E-state index contributed by atoms with van der Waals surface area (Å²) in [5, 5.41) is 10.9. The Bertz CT molecular complexity index is 671. The van der Waals surface area contributed by atoms with Crippen LogP contribution in [-0.2, 0) is 0 Å². The molecule has 2 rings (SSSR count). The SMILES string of the molecule is CCN(CC(C)(C)O)C(=O)c1sc2c(C)cccc2c1N. The number of benzene rings is 1. The van der Waals surface area contributed by atoms with Crippen molar-refractivity contribution in [3.05, 3.63) is 28.6 Å². The van der Waals surface area contributed by atoms with Crippen LogP contribution in [0.5, 0.6) is 0 Å². The van der Waals surface area contributed by atoms with Crippen LogP contribution in [0.4, 0.5) is 5.69 Å². The summed E-state index contributed by atoms with van der Waals surface area (Å²) in [4.78, 5) is 14.9. The van der Waals surface area contributed by atoms with Crippen molar-refractivity contribution in [3.8, 4) is 0 Å². The van der Waals surface area contributed by atoms with Gasteiger partial charge in [0.25, 0.3) is 5.91 Å². The van der Waals surface area contributed by atoms with Gasteiger partial charge in [-0.05, 0) is 33.3 Å². The number of carbonyl (C=O) groups is 1. The van der Waals surface area contributed by atoms with Crippen LogP contribution in [0.25, 0.3) is 10.1 Å². The molecule has 0 aliphatic rings. The van der Waals surface area contributed by atoms with Crippen molar-refractivity contribution in [1.29, 1.82) is 0 Å². The number of fused-ring (bicyclic) bond motifs is 1. The number of rotatable bonds is 4. The molecule has 2 aromatic rings. The minimum Gasteiger partial charge on any atom is -0.397 e. The standard InChI is InChI=1S/C16H22N2O2S/c1-5-18(9-16(3,4)20)15(19)14-12(17)11-8-6-7-10(2)13(11)21-14/h6-8,20H,5,9,17H2,1-4H3. The summed E-state index contributed by atoms with van der Waals surface area (Å²) in [5.41, 5.74) is 6.90. The van der Waals surface area contributed by atoms with E-state index in [1.807, 2.05) is 32.0 Å². The fourth-order valence-electron chi connectivity index (χ4n) is 2.38. The number of aliphatic hydroxyl groups is 1. The van der Waals surface area contributed by atoms with E-state index in [-0.39, 0.29) is 12.5 Å². The Morgan fingerprint density at radius 3 is 2.62 bits per heavy atom. The number of aryl methyl sites for hydroxylation is 1. The van der Waals surface area contributed by atoms with E-state index in [9.17, 15) is 9.90 Å². The number of thiophene rings is 1. The van der Waals surface area contributed by atoms with Crippen molar-refractivity contribution < 1.29 is 9.90 Å². The molecule has 0 aliphatic carbocycles. The molecule has 0 bridgehead atoms. The zero-order valence-corrected chi connectivity index (χ0v) is 13.8. The Kier molecular flexibility index (Phi) is 4.25. The molecule has 0 aliphatic heterocycles. The molecule has 1 heterocycles. The van der Waals surface area contributed by atoms with Crippen molar-refractivity contribution in [2.24, 2.45) is 0 Å². The first-order chi connectivity index (χ1) is 9.74. The first-order valence-electron chi connectivity index (χ1n) is 7.04. The number of nitrogen functional groups attached to an aromatic ring is 1. The number of hydrogen-bond acceptors (Lipinski definition) is 4. The van der Waals surface area contributed by atoms with Gasteiger partial charge in [-0.2, -0.15) is 0 Å². The largest absolute Gasteiger partial charge is 0.397 e. The second-order valence-corrected chi connectivity index (χ2v) is 6.95. The van der Waals surface area contributed by atoms with Crippen LogP contribution < -0.4 is 5.73 Å². The van der Waals surface area contributed by atoms with E-state index in [1.54, 1.807) is 18.7 Å². The van der Waals surface area contributed by atoms with Gasteiger partial charge < -0.3 is 15.7 Å². The van der Waals surface area contributed by atoms with E-state index in [0.29, 0.717) is 17.1 Å². The molecule has 5 heteroatoms. The summed E-state index contributed by atoms with van der Waals surface area (Å²) in [6, 6.07) is 5.90. The first-order valence-corrected chi connectivity index (χ1v) is 7.85. The molecule has 0 unspecified atom stereocenters. The van der Waals surface area contributed by atoms with Gasteiger partial charge in [0.2, 0.25) is 0 Å². The quantitative estimate of drug-likeness (QED) is 0.912. The van der Waals surface area contributed by atoms with Crippen molar-refractivity contribution >= 4 is 33.0 Å². The maximum Gasteiger partial charge on any atom is 0.266 e. The Morgan fingerprint density at radius 1 is 1.43 bits per heavy atom. The average molecular weight is 306 g/mol. The smallest absolute Gasteiger partial charge is 0.266 e. The van der Waals surface area contributed by atoms with Gasteiger partial charge in [-0.15, -0.1) is 11.3 Å². The molecule has 4 nitrogen and oxygen atoms in total. The minimum atomic E-state index is -0.924. The number of nitrogens with two attached hydrogens (primary N) is 1. The molecule has 21 heavy (non-hydrogen) atoms. The van der Waals surface area contributed by atoms with Crippen LogP contribution in [0, 0.1) is 6.92 Å². The molecule has 1 aromatic carbocycles. The molecule has 1 amide bonds. The van der Waals surface area contributed by atoms with Crippen LogP contribution in [0.2, 0.25) is 0 Å². The number of likely N-dealkylation sites (N-methyl/N-ethyl adjacent to an activating group) is 1. The highest BCUT2D eigenvalue weighted by Crippen LogP contribution is 2.36. The molecule has 0 saturated heterocycles. The molecule has 0 atom stereocenters. The van der Waals surface area contributed by atoms with Crippen LogP contribution in [0.3, 0.4) is 0 Å². The Balaban J connectivity index is 2.43. The molecule has 0 fully saturated rings. The monoisotopic (exact) mass is 306 g/mol. The van der Waals surface area contributed by atoms with Crippen LogP contribution in [-0.4, -0.2) is 34.6 Å². The van der Waals surface area contributed by atoms with E-state index < -0.39 is 5.60 Å². The molecule has 0 spiro atoms. The van der Waals surface area contributed by atoms with Crippen molar-refractivity contribution in [2.75, 3.05) is 18.8 Å². The molecular weight excluding hydrogens is 284 g/mol. The van der Waals surface area contributed by atoms with Gasteiger partial charge in [0.15, 0.2) is 0 Å². The summed E-state index contributed by atoms with van der Waals surface area (Å²) < 4.78 is 1.05. The third-order valence-corrected chi connectivity index (χ3v) is 4.74. The number of nitrogens with zero attached hydrogens (tertiary/aromatic N) is 1. The van der Waals surface area contributed by atoms with Gasteiger partial charge in [-0.25, -0.2) is 0 Å². The summed E-state index contributed by atoms with van der Waals surface area (Å²) in [6.45, 7) is 8.13. The van der Waals surface area contributed by atoms with Gasteiger partial charge in [0.1, 0.15) is 4.88 Å². The zero-order chi connectivity index (χ0) is 15.8. The van der Waals surface area contributed by atoms with Crippen molar-refractivity contribution in [2.45, 2.75) is 33.3 Å². The maximum atomic E-state index is 12.7. The Labute approximate surface area is 129 Å². The van der Waals surface area contributed by atoms with Crippen molar-refractivity contribution in [3.63, 3.8) is 0 Å². The highest BCUT2D eigenvalue weighted by atomic mass is 32.1. The number of amides is 1. The third-order valence-electron chi connectivity index (χ3n) is 3.39. The molecule has 0 radical (unpaired) electrons. The van der Waals surface area contributed by atoms with Gasteiger partial charge >= 0.3 is 0 Å². The Hall–Kier alpha value is -1.59. The highest BCUT2D eigenvalue weighted by molar-refractivity contribution is 7.21. The maximum absolute atomic E-state index is 12.7. The fourth-order valence-corrected chi connectivity index (χ4v) is 3.53. The zero-order valence-electron chi connectivity index (χ0n) is 12.9. The second-order valence-electron chi connectivity index (χ2n) is 5.93. The number of hydrogen-bond donors (Lipinski definition) is 2. The third kappa shape index (κ3) is 3.19. The Morgan fingerprint density at radius 2 is 2.10 bits per heavy atom. The lowest BCUT2D eigenvalue weighted by molar-refractivity contribution is 0.0318. The lowest BCUT2D eigenvalue weighted by Gasteiger charge is -2.27. The lowest BCUT2D eigenvalue weighted by Crippen LogP contribution is -2.42. The molecule has 114 valence electrons. The summed E-state index contributed by atoms with van der Waals surface area (Å²) in [7, 11) is 0. The number of anilines is 1. The average Bonchev–Trinajstić information content (AvgIpc) is 2.73.